The van der Waals surface area contributed by atoms with Crippen LogP contribution in [0.25, 0.3) is 0 Å². The molecular formula is C11H12N2O. The molecule has 0 bridgehead atoms. The Hall–Kier alpha value is -1.64. The van der Waals surface area contributed by atoms with Gasteiger partial charge in [-0.1, -0.05) is 0 Å². The molecule has 0 saturated carbocycles. The summed E-state index contributed by atoms with van der Waals surface area (Å²) in [5.74, 6) is 0. The third-order valence-electron chi connectivity index (χ3n) is 2.36. The van der Waals surface area contributed by atoms with Crippen LogP contribution < -0.4 is 5.01 Å². The zero-order valence-electron chi connectivity index (χ0n) is 8.05. The zero-order valence-corrected chi connectivity index (χ0v) is 8.05. The summed E-state index contributed by atoms with van der Waals surface area (Å²) in [6.07, 6.45) is 3.74. The number of aldehydes is 1. The quantitative estimate of drug-likeness (QED) is 0.666. The highest BCUT2D eigenvalue weighted by atomic mass is 16.1. The van der Waals surface area contributed by atoms with Crippen molar-refractivity contribution >= 4 is 18.2 Å². The Balaban J connectivity index is 2.24. The van der Waals surface area contributed by atoms with Crippen LogP contribution in [0.4, 0.5) is 5.69 Å². The minimum Gasteiger partial charge on any atom is -0.298 e. The number of carbonyl (C=O) groups is 1. The van der Waals surface area contributed by atoms with Crippen molar-refractivity contribution in [1.82, 2.24) is 0 Å². The number of rotatable bonds is 2. The highest BCUT2D eigenvalue weighted by Gasteiger charge is 2.16. The first kappa shape index (κ1) is 8.94. The van der Waals surface area contributed by atoms with Crippen LogP contribution in [-0.2, 0) is 0 Å². The second kappa shape index (κ2) is 3.62. The zero-order chi connectivity index (χ0) is 9.97. The van der Waals surface area contributed by atoms with E-state index in [2.05, 4.69) is 12.0 Å². The van der Waals surface area contributed by atoms with E-state index in [0.29, 0.717) is 11.6 Å². The normalized spacial score (nSPS) is 20.1. The number of hydrogen-bond acceptors (Lipinski definition) is 3. The second-order valence-electron chi connectivity index (χ2n) is 3.44. The van der Waals surface area contributed by atoms with Gasteiger partial charge in [0.15, 0.2) is 0 Å². The third kappa shape index (κ3) is 1.53. The molecule has 14 heavy (non-hydrogen) atoms. The maximum absolute atomic E-state index is 10.5. The van der Waals surface area contributed by atoms with Crippen molar-refractivity contribution in [2.75, 3.05) is 5.01 Å². The number of nitrogens with zero attached hydrogens (tertiary/aromatic N) is 2. The van der Waals surface area contributed by atoms with Crippen molar-refractivity contribution in [2.24, 2.45) is 5.10 Å². The number of benzene rings is 1. The Morgan fingerprint density at radius 3 is 2.64 bits per heavy atom. The van der Waals surface area contributed by atoms with Crippen molar-refractivity contribution in [1.29, 1.82) is 0 Å². The summed E-state index contributed by atoms with van der Waals surface area (Å²) < 4.78 is 0. The van der Waals surface area contributed by atoms with Crippen LogP contribution in [0.3, 0.4) is 0 Å². The van der Waals surface area contributed by atoms with Crippen molar-refractivity contribution < 1.29 is 4.79 Å². The first-order valence-corrected chi connectivity index (χ1v) is 4.68. The Morgan fingerprint density at radius 1 is 1.43 bits per heavy atom. The fraction of sp³-hybridized carbons (Fsp3) is 0.273. The van der Waals surface area contributed by atoms with Gasteiger partial charge in [-0.15, -0.1) is 0 Å². The molecule has 3 nitrogen and oxygen atoms in total. The molecule has 0 N–H and O–H groups in total. The molecule has 1 aromatic rings. The molecule has 0 amide bonds. The average molecular weight is 188 g/mol. The van der Waals surface area contributed by atoms with Gasteiger partial charge in [0.25, 0.3) is 0 Å². The highest BCUT2D eigenvalue weighted by molar-refractivity contribution is 5.76. The molecule has 1 aromatic carbocycles. The molecular weight excluding hydrogens is 176 g/mol. The minimum absolute atomic E-state index is 0.414. The molecule has 3 heteroatoms. The predicted molar refractivity (Wildman–Crippen MR) is 56.9 cm³/mol. The van der Waals surface area contributed by atoms with E-state index in [0.717, 1.165) is 18.4 Å². The molecule has 72 valence electrons. The van der Waals surface area contributed by atoms with E-state index in [4.69, 9.17) is 0 Å². The minimum atomic E-state index is 0.414. The van der Waals surface area contributed by atoms with Crippen LogP contribution in [0, 0.1) is 0 Å². The first-order valence-electron chi connectivity index (χ1n) is 4.68. The maximum Gasteiger partial charge on any atom is 0.150 e. The Bertz CT molecular complexity index is 356. The van der Waals surface area contributed by atoms with Gasteiger partial charge < -0.3 is 0 Å². The summed E-state index contributed by atoms with van der Waals surface area (Å²) in [5, 5.41) is 6.23. The standard InChI is InChI=1S/C11H12N2O/c1-9-6-7-12-13(9)11-4-2-10(8-14)3-5-11/h2-5,7-9H,6H2,1H3. The smallest absolute Gasteiger partial charge is 0.150 e. The largest absolute Gasteiger partial charge is 0.298 e. The van der Waals surface area contributed by atoms with Crippen LogP contribution in [0.5, 0.6) is 0 Å². The van der Waals surface area contributed by atoms with Crippen LogP contribution in [0.1, 0.15) is 23.7 Å². The van der Waals surface area contributed by atoms with Crippen molar-refractivity contribution in [3.8, 4) is 0 Å². The van der Waals surface area contributed by atoms with E-state index in [1.165, 1.54) is 0 Å². The SMILES string of the molecule is CC1CC=NN1c1ccc(C=O)cc1. The van der Waals surface area contributed by atoms with Crippen molar-refractivity contribution in [3.63, 3.8) is 0 Å². The molecule has 0 fully saturated rings. The molecule has 1 heterocycles. The van der Waals surface area contributed by atoms with Gasteiger partial charge in [-0.05, 0) is 31.2 Å². The summed E-state index contributed by atoms with van der Waals surface area (Å²) in [6.45, 7) is 2.13. The lowest BCUT2D eigenvalue weighted by atomic mass is 10.2. The first-order chi connectivity index (χ1) is 6.81. The number of anilines is 1. The molecule has 2 rings (SSSR count). The molecule has 1 unspecified atom stereocenters. The number of carbonyl (C=O) groups excluding carboxylic acids is 1. The lowest BCUT2D eigenvalue weighted by Crippen LogP contribution is -2.22. The highest BCUT2D eigenvalue weighted by Crippen LogP contribution is 2.21. The fourth-order valence-corrected chi connectivity index (χ4v) is 1.53. The third-order valence-corrected chi connectivity index (χ3v) is 2.36. The van der Waals surface area contributed by atoms with E-state index >= 15 is 0 Å². The van der Waals surface area contributed by atoms with E-state index in [1.807, 2.05) is 35.5 Å². The van der Waals surface area contributed by atoms with Gasteiger partial charge in [-0.3, -0.25) is 9.80 Å². The summed E-state index contributed by atoms with van der Waals surface area (Å²) in [6, 6.07) is 7.87. The van der Waals surface area contributed by atoms with Gasteiger partial charge in [0.1, 0.15) is 6.29 Å². The van der Waals surface area contributed by atoms with Crippen LogP contribution in [0.2, 0.25) is 0 Å². The molecule has 1 atom stereocenters. The van der Waals surface area contributed by atoms with Gasteiger partial charge in [-0.25, -0.2) is 0 Å². The summed E-state index contributed by atoms with van der Waals surface area (Å²) in [7, 11) is 0. The Morgan fingerprint density at radius 2 is 2.14 bits per heavy atom. The monoisotopic (exact) mass is 188 g/mol. The van der Waals surface area contributed by atoms with Crippen LogP contribution in [-0.4, -0.2) is 18.5 Å². The molecule has 1 aliphatic heterocycles. The Kier molecular flexibility index (Phi) is 2.31. The summed E-state index contributed by atoms with van der Waals surface area (Å²) in [4.78, 5) is 10.5. The van der Waals surface area contributed by atoms with Crippen LogP contribution >= 0.6 is 0 Å². The fourth-order valence-electron chi connectivity index (χ4n) is 1.53. The Labute approximate surface area is 83.0 Å². The van der Waals surface area contributed by atoms with Gasteiger partial charge in [-0.2, -0.15) is 5.10 Å². The molecule has 1 aliphatic rings. The topological polar surface area (TPSA) is 32.7 Å². The molecule has 0 saturated heterocycles. The summed E-state index contributed by atoms with van der Waals surface area (Å²) >= 11 is 0. The van der Waals surface area contributed by atoms with E-state index in [9.17, 15) is 4.79 Å². The second-order valence-corrected chi connectivity index (χ2v) is 3.44. The van der Waals surface area contributed by atoms with Crippen molar-refractivity contribution in [3.05, 3.63) is 29.8 Å². The number of hydrogen-bond donors (Lipinski definition) is 0. The number of hydrazone groups is 1. The van der Waals surface area contributed by atoms with E-state index in [1.54, 1.807) is 0 Å². The predicted octanol–water partition coefficient (Wildman–Crippen LogP) is 2.08. The van der Waals surface area contributed by atoms with E-state index in [-0.39, 0.29) is 0 Å². The molecule has 0 aliphatic carbocycles. The molecule has 0 aromatic heterocycles. The van der Waals surface area contributed by atoms with Gasteiger partial charge in [0, 0.05) is 18.2 Å². The van der Waals surface area contributed by atoms with E-state index < -0.39 is 0 Å². The molecule has 0 spiro atoms. The average Bonchev–Trinajstić information content (AvgIpc) is 2.65. The molecule has 0 radical (unpaired) electrons. The lowest BCUT2D eigenvalue weighted by Gasteiger charge is -2.19. The summed E-state index contributed by atoms with van der Waals surface area (Å²) in [5.41, 5.74) is 1.74. The van der Waals surface area contributed by atoms with Crippen LogP contribution in [0.15, 0.2) is 29.4 Å². The van der Waals surface area contributed by atoms with Crippen molar-refractivity contribution in [2.45, 2.75) is 19.4 Å². The van der Waals surface area contributed by atoms with Gasteiger partial charge in [0.05, 0.1) is 11.7 Å². The maximum atomic E-state index is 10.5. The van der Waals surface area contributed by atoms with Gasteiger partial charge in [0.2, 0.25) is 0 Å². The van der Waals surface area contributed by atoms with Gasteiger partial charge >= 0.3 is 0 Å². The lowest BCUT2D eigenvalue weighted by molar-refractivity contribution is 0.112.